The molecule has 0 aromatic rings. The van der Waals surface area contributed by atoms with Crippen LogP contribution in [0.1, 0.15) is 57.8 Å². The normalized spacial score (nSPS) is 10.3. The van der Waals surface area contributed by atoms with Crippen molar-refractivity contribution in [3.05, 3.63) is 12.2 Å². The van der Waals surface area contributed by atoms with Crippen LogP contribution in [0, 0.1) is 0 Å². The lowest BCUT2D eigenvalue weighted by atomic mass is 10.1. The van der Waals surface area contributed by atoms with Gasteiger partial charge in [-0.05, 0) is 19.3 Å². The van der Waals surface area contributed by atoms with E-state index in [1.54, 1.807) is 0 Å². The fourth-order valence-corrected chi connectivity index (χ4v) is 1.79. The Morgan fingerprint density at radius 2 is 1.38 bits per heavy atom. The van der Waals surface area contributed by atoms with Gasteiger partial charge in [-0.15, -0.1) is 11.6 Å². The number of hydrogen-bond donors (Lipinski definition) is 1. The van der Waals surface area contributed by atoms with Gasteiger partial charge in [0.1, 0.15) is 0 Å². The first-order valence-corrected chi connectivity index (χ1v) is 6.69. The fraction of sp³-hybridized carbons (Fsp3) is 0.769. The van der Waals surface area contributed by atoms with Crippen molar-refractivity contribution >= 4 is 17.6 Å². The van der Waals surface area contributed by atoms with Gasteiger partial charge in [-0.1, -0.05) is 45.1 Å². The first kappa shape index (κ1) is 15.5. The van der Waals surface area contributed by atoms with Crippen LogP contribution in [0.5, 0.6) is 0 Å². The predicted molar refractivity (Wildman–Crippen MR) is 69.0 cm³/mol. The molecule has 94 valence electrons. The molecule has 0 aromatic carbocycles. The van der Waals surface area contributed by atoms with Crippen molar-refractivity contribution in [3.63, 3.8) is 0 Å². The van der Waals surface area contributed by atoms with Crippen LogP contribution in [-0.4, -0.2) is 17.0 Å². The Hall–Kier alpha value is -0.500. The smallest absolute Gasteiger partial charge is 0.330 e. The highest BCUT2D eigenvalue weighted by atomic mass is 35.5. The maximum Gasteiger partial charge on any atom is 0.330 e. The summed E-state index contributed by atoms with van der Waals surface area (Å²) in [5.74, 6) is -0.0850. The minimum absolute atomic E-state index is 0.335. The van der Waals surface area contributed by atoms with Gasteiger partial charge in [-0.2, -0.15) is 0 Å². The molecule has 0 aromatic heterocycles. The lowest BCUT2D eigenvalue weighted by Gasteiger charge is -2.02. The molecule has 0 saturated carbocycles. The number of halogens is 1. The molecule has 0 radical (unpaired) electrons. The molecular formula is C13H23ClO2. The van der Waals surface area contributed by atoms with Crippen molar-refractivity contribution in [2.45, 2.75) is 57.8 Å². The standard InChI is InChI=1S/C13H23ClO2/c1-12(13(15)16)10-8-6-4-2-3-5-7-9-11-14/h1-11H2,(H,15,16). The molecule has 0 aliphatic rings. The van der Waals surface area contributed by atoms with Gasteiger partial charge < -0.3 is 5.11 Å². The van der Waals surface area contributed by atoms with Crippen LogP contribution < -0.4 is 0 Å². The van der Waals surface area contributed by atoms with E-state index in [0.717, 1.165) is 25.1 Å². The van der Waals surface area contributed by atoms with Crippen molar-refractivity contribution < 1.29 is 9.90 Å². The Kier molecular flexibility index (Phi) is 10.7. The van der Waals surface area contributed by atoms with Crippen LogP contribution in [0.15, 0.2) is 12.2 Å². The molecule has 0 atom stereocenters. The molecule has 0 aliphatic carbocycles. The largest absolute Gasteiger partial charge is 0.478 e. The van der Waals surface area contributed by atoms with Crippen LogP contribution in [0.2, 0.25) is 0 Å². The van der Waals surface area contributed by atoms with Gasteiger partial charge in [0.15, 0.2) is 0 Å². The third-order valence-electron chi connectivity index (χ3n) is 2.66. The van der Waals surface area contributed by atoms with E-state index in [-0.39, 0.29) is 0 Å². The second kappa shape index (κ2) is 11.0. The van der Waals surface area contributed by atoms with Gasteiger partial charge >= 0.3 is 5.97 Å². The SMILES string of the molecule is C=C(CCCCCCCCCCCl)C(=O)O. The number of carboxylic acids is 1. The summed E-state index contributed by atoms with van der Waals surface area (Å²) in [4.78, 5) is 10.5. The van der Waals surface area contributed by atoms with E-state index in [1.807, 2.05) is 0 Å². The van der Waals surface area contributed by atoms with E-state index in [2.05, 4.69) is 6.58 Å². The lowest BCUT2D eigenvalue weighted by molar-refractivity contribution is -0.132. The van der Waals surface area contributed by atoms with E-state index < -0.39 is 5.97 Å². The van der Waals surface area contributed by atoms with Crippen molar-refractivity contribution in [1.82, 2.24) is 0 Å². The lowest BCUT2D eigenvalue weighted by Crippen LogP contribution is -1.98. The fourth-order valence-electron chi connectivity index (χ4n) is 1.60. The molecule has 16 heavy (non-hydrogen) atoms. The highest BCUT2D eigenvalue weighted by Crippen LogP contribution is 2.12. The number of carbonyl (C=O) groups is 1. The molecule has 0 amide bonds. The van der Waals surface area contributed by atoms with E-state index in [4.69, 9.17) is 16.7 Å². The van der Waals surface area contributed by atoms with Crippen LogP contribution in [-0.2, 0) is 4.79 Å². The molecular weight excluding hydrogens is 224 g/mol. The van der Waals surface area contributed by atoms with Crippen LogP contribution in [0.25, 0.3) is 0 Å². The first-order chi connectivity index (χ1) is 7.68. The van der Waals surface area contributed by atoms with Gasteiger partial charge in [-0.3, -0.25) is 0 Å². The summed E-state index contributed by atoms with van der Waals surface area (Å²) in [6.07, 6.45) is 10.1. The third kappa shape index (κ3) is 10.0. The third-order valence-corrected chi connectivity index (χ3v) is 2.93. The summed E-state index contributed by atoms with van der Waals surface area (Å²) in [6.45, 7) is 3.51. The monoisotopic (exact) mass is 246 g/mol. The number of carboxylic acid groups (broad SMARTS) is 1. The number of alkyl halides is 1. The maximum absolute atomic E-state index is 10.5. The second-order valence-electron chi connectivity index (χ2n) is 4.18. The summed E-state index contributed by atoms with van der Waals surface area (Å²) in [6, 6.07) is 0. The van der Waals surface area contributed by atoms with Gasteiger partial charge in [0.2, 0.25) is 0 Å². The Balaban J connectivity index is 3.10. The molecule has 3 heteroatoms. The van der Waals surface area contributed by atoms with Gasteiger partial charge in [0.25, 0.3) is 0 Å². The second-order valence-corrected chi connectivity index (χ2v) is 4.55. The number of hydrogen-bond acceptors (Lipinski definition) is 1. The Morgan fingerprint density at radius 1 is 0.938 bits per heavy atom. The number of aliphatic carboxylic acids is 1. The number of rotatable bonds is 11. The molecule has 0 heterocycles. The summed E-state index contributed by atoms with van der Waals surface area (Å²) in [5, 5.41) is 8.59. The van der Waals surface area contributed by atoms with Gasteiger partial charge in [0.05, 0.1) is 0 Å². The highest BCUT2D eigenvalue weighted by molar-refractivity contribution is 6.17. The van der Waals surface area contributed by atoms with Crippen molar-refractivity contribution in [3.8, 4) is 0 Å². The molecule has 1 N–H and O–H groups in total. The van der Waals surface area contributed by atoms with Crippen LogP contribution in [0.3, 0.4) is 0 Å². The zero-order valence-electron chi connectivity index (χ0n) is 10.0. The average molecular weight is 247 g/mol. The maximum atomic E-state index is 10.5. The van der Waals surface area contributed by atoms with Crippen molar-refractivity contribution in [1.29, 1.82) is 0 Å². The zero-order chi connectivity index (χ0) is 12.2. The zero-order valence-corrected chi connectivity index (χ0v) is 10.8. The summed E-state index contributed by atoms with van der Waals surface area (Å²) >= 11 is 5.58. The average Bonchev–Trinajstić information content (AvgIpc) is 2.26. The molecule has 0 aliphatic heterocycles. The minimum atomic E-state index is -0.860. The Bertz CT molecular complexity index is 202. The predicted octanol–water partition coefficient (Wildman–Crippen LogP) is 4.38. The quantitative estimate of drug-likeness (QED) is 0.334. The highest BCUT2D eigenvalue weighted by Gasteiger charge is 2.02. The minimum Gasteiger partial charge on any atom is -0.478 e. The molecule has 0 rings (SSSR count). The van der Waals surface area contributed by atoms with Crippen LogP contribution in [0.4, 0.5) is 0 Å². The number of unbranched alkanes of at least 4 members (excludes halogenated alkanes) is 7. The molecule has 0 unspecified atom stereocenters. The summed E-state index contributed by atoms with van der Waals surface area (Å²) in [5.41, 5.74) is 0.335. The molecule has 0 bridgehead atoms. The molecule has 2 nitrogen and oxygen atoms in total. The first-order valence-electron chi connectivity index (χ1n) is 6.15. The van der Waals surface area contributed by atoms with Crippen molar-refractivity contribution in [2.24, 2.45) is 0 Å². The summed E-state index contributed by atoms with van der Waals surface area (Å²) in [7, 11) is 0. The Morgan fingerprint density at radius 3 is 1.81 bits per heavy atom. The molecule has 0 fully saturated rings. The van der Waals surface area contributed by atoms with E-state index in [0.29, 0.717) is 12.0 Å². The van der Waals surface area contributed by atoms with E-state index >= 15 is 0 Å². The topological polar surface area (TPSA) is 37.3 Å². The van der Waals surface area contributed by atoms with Crippen LogP contribution >= 0.6 is 11.6 Å². The molecule has 0 spiro atoms. The van der Waals surface area contributed by atoms with E-state index in [1.165, 1.54) is 32.1 Å². The Labute approximate surface area is 104 Å². The molecule has 0 saturated heterocycles. The summed E-state index contributed by atoms with van der Waals surface area (Å²) < 4.78 is 0. The van der Waals surface area contributed by atoms with Crippen molar-refractivity contribution in [2.75, 3.05) is 5.88 Å². The van der Waals surface area contributed by atoms with E-state index in [9.17, 15) is 4.79 Å². The van der Waals surface area contributed by atoms with Gasteiger partial charge in [-0.25, -0.2) is 4.79 Å². The van der Waals surface area contributed by atoms with Gasteiger partial charge in [0, 0.05) is 11.5 Å².